The van der Waals surface area contributed by atoms with Crippen LogP contribution in [-0.2, 0) is 17.9 Å². The van der Waals surface area contributed by atoms with E-state index >= 15 is 0 Å². The number of halogens is 2. The van der Waals surface area contributed by atoms with E-state index in [0.29, 0.717) is 6.73 Å². The molecule has 5 rings (SSSR count). The maximum Gasteiger partial charge on any atom is 0.182 e. The molecule has 10 heteroatoms. The second kappa shape index (κ2) is 9.10. The van der Waals surface area contributed by atoms with Gasteiger partial charge in [-0.1, -0.05) is 25.7 Å². The molecule has 1 aliphatic heterocycles. The first-order valence-corrected chi connectivity index (χ1v) is 16.7. The van der Waals surface area contributed by atoms with Gasteiger partial charge < -0.3 is 15.4 Å². The summed E-state index contributed by atoms with van der Waals surface area (Å²) in [5.74, 6) is 0.653. The molecule has 3 heterocycles. The van der Waals surface area contributed by atoms with Crippen molar-refractivity contribution in [1.82, 2.24) is 19.7 Å². The van der Waals surface area contributed by atoms with Crippen LogP contribution in [0.15, 0.2) is 24.4 Å². The summed E-state index contributed by atoms with van der Waals surface area (Å²) >= 11 is 2.21. The highest BCUT2D eigenvalue weighted by molar-refractivity contribution is 14.1. The molecule has 1 atom stereocenters. The van der Waals surface area contributed by atoms with Crippen molar-refractivity contribution in [1.29, 1.82) is 0 Å². The molecule has 2 N–H and O–H groups in total. The molecule has 1 fully saturated rings. The van der Waals surface area contributed by atoms with Gasteiger partial charge in [0.1, 0.15) is 23.9 Å². The van der Waals surface area contributed by atoms with E-state index in [1.807, 2.05) is 16.9 Å². The van der Waals surface area contributed by atoms with Gasteiger partial charge in [0, 0.05) is 33.8 Å². The third kappa shape index (κ3) is 4.61. The quantitative estimate of drug-likeness (QED) is 0.253. The van der Waals surface area contributed by atoms with Gasteiger partial charge in [0.15, 0.2) is 9.35 Å². The minimum Gasteiger partial charge on any atom is -0.359 e. The molecule has 2 aliphatic rings. The Morgan fingerprint density at radius 1 is 1.26 bits per heavy atom. The number of nitrogens with zero attached hydrogens (tertiary/aromatic N) is 5. The predicted octanol–water partition coefficient (Wildman–Crippen LogP) is 4.73. The number of nitrogens with two attached hydrogens (primary N) is 1. The van der Waals surface area contributed by atoms with E-state index in [-0.39, 0.29) is 17.3 Å². The van der Waals surface area contributed by atoms with Crippen molar-refractivity contribution < 1.29 is 9.13 Å². The maximum absolute atomic E-state index is 13.8. The second-order valence-corrected chi connectivity index (χ2v) is 17.5. The Morgan fingerprint density at radius 2 is 2.03 bits per heavy atom. The Labute approximate surface area is 214 Å². The van der Waals surface area contributed by atoms with Crippen LogP contribution in [0.25, 0.3) is 11.2 Å². The molecule has 0 saturated carbocycles. The first kappa shape index (κ1) is 24.1. The highest BCUT2D eigenvalue weighted by Crippen LogP contribution is 2.51. The van der Waals surface area contributed by atoms with Crippen LogP contribution in [0.3, 0.4) is 0 Å². The van der Waals surface area contributed by atoms with Gasteiger partial charge >= 0.3 is 0 Å². The fourth-order valence-corrected chi connectivity index (χ4v) is 6.57. The molecule has 0 unspecified atom stereocenters. The van der Waals surface area contributed by atoms with Gasteiger partial charge in [-0.15, -0.1) is 0 Å². The summed E-state index contributed by atoms with van der Waals surface area (Å²) < 4.78 is 22.4. The molecule has 1 aliphatic carbocycles. The van der Waals surface area contributed by atoms with Crippen molar-refractivity contribution in [2.75, 3.05) is 24.6 Å². The van der Waals surface area contributed by atoms with Crippen LogP contribution in [0.2, 0.25) is 25.7 Å². The number of anilines is 1. The SMILES string of the molecule is C[Si](C)(C)CCOCn1nc(I)c2ncc(N3CCC4(CC3)Cc3ccc(F)cc3[C@H]4N)nc21. The van der Waals surface area contributed by atoms with Gasteiger partial charge in [-0.05, 0) is 76.6 Å². The van der Waals surface area contributed by atoms with Gasteiger partial charge in [0.25, 0.3) is 0 Å². The minimum absolute atomic E-state index is 0.00842. The molecule has 0 radical (unpaired) electrons. The van der Waals surface area contributed by atoms with E-state index < -0.39 is 8.07 Å². The van der Waals surface area contributed by atoms with Gasteiger partial charge in [-0.3, -0.25) is 0 Å². The Kier molecular flexibility index (Phi) is 6.45. The summed E-state index contributed by atoms with van der Waals surface area (Å²) in [6.45, 7) is 9.86. The van der Waals surface area contributed by atoms with Gasteiger partial charge in [-0.2, -0.15) is 5.10 Å². The van der Waals surface area contributed by atoms with Crippen LogP contribution in [0.5, 0.6) is 0 Å². The molecule has 182 valence electrons. The van der Waals surface area contributed by atoms with E-state index in [9.17, 15) is 4.39 Å². The molecule has 1 spiro atoms. The summed E-state index contributed by atoms with van der Waals surface area (Å²) in [6, 6.07) is 6.07. The van der Waals surface area contributed by atoms with Crippen LogP contribution < -0.4 is 10.6 Å². The number of aromatic nitrogens is 4. The molecule has 0 bridgehead atoms. The van der Waals surface area contributed by atoms with Crippen molar-refractivity contribution >= 4 is 47.6 Å². The Balaban J connectivity index is 1.29. The number of hydrogen-bond acceptors (Lipinski definition) is 6. The van der Waals surface area contributed by atoms with Crippen LogP contribution in [0.1, 0.15) is 30.0 Å². The topological polar surface area (TPSA) is 82.1 Å². The van der Waals surface area contributed by atoms with E-state index in [1.54, 1.807) is 12.1 Å². The second-order valence-electron chi connectivity index (χ2n) is 10.9. The molecular weight excluding hydrogens is 562 g/mol. The highest BCUT2D eigenvalue weighted by atomic mass is 127. The number of hydrogen-bond donors (Lipinski definition) is 1. The number of benzene rings is 1. The lowest BCUT2D eigenvalue weighted by atomic mass is 9.73. The average molecular weight is 595 g/mol. The molecule has 0 amide bonds. The van der Waals surface area contributed by atoms with Gasteiger partial charge in [0.05, 0.1) is 6.20 Å². The Bertz CT molecular complexity index is 1200. The Hall–Kier alpha value is -1.63. The first-order chi connectivity index (χ1) is 16.2. The summed E-state index contributed by atoms with van der Waals surface area (Å²) in [4.78, 5) is 11.9. The van der Waals surface area contributed by atoms with E-state index in [4.69, 9.17) is 15.5 Å². The van der Waals surface area contributed by atoms with E-state index in [0.717, 1.165) is 71.2 Å². The van der Waals surface area contributed by atoms with E-state index in [1.165, 1.54) is 5.56 Å². The summed E-state index contributed by atoms with van der Waals surface area (Å²) in [5.41, 5.74) is 10.4. The Morgan fingerprint density at radius 3 is 2.76 bits per heavy atom. The zero-order chi connectivity index (χ0) is 24.1. The van der Waals surface area contributed by atoms with E-state index in [2.05, 4.69) is 57.2 Å². The smallest absolute Gasteiger partial charge is 0.182 e. The lowest BCUT2D eigenvalue weighted by Gasteiger charge is -2.42. The number of piperidine rings is 1. The minimum atomic E-state index is -1.14. The molecule has 3 aromatic rings. The monoisotopic (exact) mass is 594 g/mol. The number of fused-ring (bicyclic) bond motifs is 2. The zero-order valence-electron chi connectivity index (χ0n) is 20.0. The molecule has 2 aromatic heterocycles. The fraction of sp³-hybridized carbons (Fsp3) is 0.542. The normalized spacial score (nSPS) is 19.8. The standard InChI is InChI=1S/C24H32FIN6OSi/c1-34(2,3)11-10-33-15-32-23-20(22(26)30-32)28-14-19(29-23)31-8-6-24(7-9-31)13-16-4-5-17(25)12-18(16)21(24)27/h4-5,12,14,21H,6-11,13,15,27H2,1-3H3/t21-/m1/s1. The molecule has 1 aromatic carbocycles. The van der Waals surface area contributed by atoms with Crippen LogP contribution in [0.4, 0.5) is 10.2 Å². The van der Waals surface area contributed by atoms with Crippen molar-refractivity contribution in [2.24, 2.45) is 11.1 Å². The average Bonchev–Trinajstić information content (AvgIpc) is 3.25. The molecule has 1 saturated heterocycles. The zero-order valence-corrected chi connectivity index (χ0v) is 23.2. The molecule has 34 heavy (non-hydrogen) atoms. The van der Waals surface area contributed by atoms with Crippen molar-refractivity contribution in [2.45, 2.75) is 57.7 Å². The molecular formula is C24H32FIN6OSi. The van der Waals surface area contributed by atoms with Crippen molar-refractivity contribution in [3.8, 4) is 0 Å². The summed E-state index contributed by atoms with van der Waals surface area (Å²) in [7, 11) is -1.14. The number of ether oxygens (including phenoxy) is 1. The molecule has 7 nitrogen and oxygen atoms in total. The lowest BCUT2D eigenvalue weighted by Crippen LogP contribution is -2.44. The highest BCUT2D eigenvalue weighted by Gasteiger charge is 2.46. The third-order valence-electron chi connectivity index (χ3n) is 7.33. The van der Waals surface area contributed by atoms with Gasteiger partial charge in [0.2, 0.25) is 0 Å². The predicted molar refractivity (Wildman–Crippen MR) is 143 cm³/mol. The van der Waals surface area contributed by atoms with Crippen molar-refractivity contribution in [3.05, 3.63) is 45.0 Å². The largest absolute Gasteiger partial charge is 0.359 e. The third-order valence-corrected chi connectivity index (χ3v) is 9.76. The first-order valence-electron chi connectivity index (χ1n) is 11.9. The maximum atomic E-state index is 13.8. The van der Waals surface area contributed by atoms with Crippen LogP contribution in [0, 0.1) is 14.9 Å². The fourth-order valence-electron chi connectivity index (χ4n) is 5.17. The lowest BCUT2D eigenvalue weighted by molar-refractivity contribution is 0.0810. The summed E-state index contributed by atoms with van der Waals surface area (Å²) in [5, 5.41) is 4.61. The van der Waals surface area contributed by atoms with Crippen LogP contribution >= 0.6 is 22.6 Å². The van der Waals surface area contributed by atoms with Crippen molar-refractivity contribution in [3.63, 3.8) is 0 Å². The van der Waals surface area contributed by atoms with Gasteiger partial charge in [-0.25, -0.2) is 19.0 Å². The summed E-state index contributed by atoms with van der Waals surface area (Å²) in [6.07, 6.45) is 4.66. The van der Waals surface area contributed by atoms with Crippen LogP contribution in [-0.4, -0.2) is 47.5 Å². The number of rotatable bonds is 6.